The molecule has 8 nitrogen and oxygen atoms in total. The quantitative estimate of drug-likeness (QED) is 0.627. The third kappa shape index (κ3) is 4.27. The van der Waals surface area contributed by atoms with Gasteiger partial charge in [-0.2, -0.15) is 0 Å². The number of nitrogens with one attached hydrogen (secondary N) is 1. The number of hydrogen-bond donors (Lipinski definition) is 1. The lowest BCUT2D eigenvalue weighted by Gasteiger charge is -2.22. The molecule has 0 unspecified atom stereocenters. The highest BCUT2D eigenvalue weighted by atomic mass is 35.5. The number of para-hydroxylation sites is 2. The normalized spacial score (nSPS) is 11.3. The summed E-state index contributed by atoms with van der Waals surface area (Å²) in [5.74, 6) is -0.661. The number of aromatic nitrogens is 2. The molecule has 1 amide bonds. The first-order valence-electron chi connectivity index (χ1n) is 8.97. The molecule has 2 aromatic carbocycles. The molecule has 30 heavy (non-hydrogen) atoms. The minimum Gasteiger partial charge on any atom is -0.318 e. The molecule has 0 aliphatic rings. The van der Waals surface area contributed by atoms with E-state index < -0.39 is 28.0 Å². The Bertz CT molecular complexity index is 1250. The van der Waals surface area contributed by atoms with Crippen LogP contribution < -0.4 is 15.2 Å². The smallest absolute Gasteiger partial charge is 0.295 e. The van der Waals surface area contributed by atoms with Gasteiger partial charge in [-0.3, -0.25) is 18.6 Å². The Morgan fingerprint density at radius 3 is 2.30 bits per heavy atom. The van der Waals surface area contributed by atoms with Crippen molar-refractivity contribution in [3.8, 4) is 5.69 Å². The Hall–Kier alpha value is -3.04. The van der Waals surface area contributed by atoms with E-state index in [0.717, 1.165) is 10.6 Å². The van der Waals surface area contributed by atoms with Crippen LogP contribution in [-0.2, 0) is 21.9 Å². The van der Waals surface area contributed by atoms with Crippen molar-refractivity contribution in [1.82, 2.24) is 9.36 Å². The number of nitrogens with zero attached hydrogens (tertiary/aromatic N) is 3. The molecule has 0 radical (unpaired) electrons. The Morgan fingerprint density at radius 2 is 1.70 bits per heavy atom. The summed E-state index contributed by atoms with van der Waals surface area (Å²) in [7, 11) is -2.09. The zero-order valence-electron chi connectivity index (χ0n) is 16.7. The average molecular weight is 449 g/mol. The van der Waals surface area contributed by atoms with Gasteiger partial charge in [0.05, 0.1) is 28.3 Å². The third-order valence-electron chi connectivity index (χ3n) is 4.63. The number of rotatable bonds is 6. The van der Waals surface area contributed by atoms with Crippen molar-refractivity contribution in [3.63, 3.8) is 0 Å². The SMILES string of the molecule is Cc1c(NC(=O)CN(c2ccccc2Cl)S(C)(=O)=O)c(=O)n(-c2ccccc2)n1C. The number of anilines is 2. The molecule has 10 heteroatoms. The molecule has 1 aromatic heterocycles. The van der Waals surface area contributed by atoms with Crippen LogP contribution in [0.4, 0.5) is 11.4 Å². The largest absolute Gasteiger partial charge is 0.318 e. The number of hydrogen-bond acceptors (Lipinski definition) is 4. The summed E-state index contributed by atoms with van der Waals surface area (Å²) < 4.78 is 28.5. The second-order valence-electron chi connectivity index (χ2n) is 6.71. The molecule has 3 rings (SSSR count). The number of carbonyl (C=O) groups is 1. The highest BCUT2D eigenvalue weighted by Gasteiger charge is 2.25. The number of amides is 1. The van der Waals surface area contributed by atoms with Gasteiger partial charge in [0.15, 0.2) is 0 Å². The predicted molar refractivity (Wildman–Crippen MR) is 118 cm³/mol. The molecule has 3 aromatic rings. The van der Waals surface area contributed by atoms with Crippen LogP contribution >= 0.6 is 11.6 Å². The number of sulfonamides is 1. The van der Waals surface area contributed by atoms with Crippen LogP contribution in [-0.4, -0.2) is 36.5 Å². The highest BCUT2D eigenvalue weighted by molar-refractivity contribution is 7.92. The Labute approximate surface area is 179 Å². The van der Waals surface area contributed by atoms with Crippen molar-refractivity contribution in [1.29, 1.82) is 0 Å². The predicted octanol–water partition coefficient (Wildman–Crippen LogP) is 2.54. The molecule has 0 spiro atoms. The van der Waals surface area contributed by atoms with Crippen molar-refractivity contribution >= 4 is 38.9 Å². The van der Waals surface area contributed by atoms with E-state index in [1.54, 1.807) is 55.1 Å². The van der Waals surface area contributed by atoms with E-state index in [4.69, 9.17) is 11.6 Å². The van der Waals surface area contributed by atoms with Crippen LogP contribution in [0, 0.1) is 6.92 Å². The fourth-order valence-corrected chi connectivity index (χ4v) is 4.21. The molecule has 0 fully saturated rings. The number of benzene rings is 2. The third-order valence-corrected chi connectivity index (χ3v) is 6.07. The molecule has 0 atom stereocenters. The van der Waals surface area contributed by atoms with Crippen molar-refractivity contribution in [2.45, 2.75) is 6.92 Å². The second kappa shape index (κ2) is 8.37. The summed E-state index contributed by atoms with van der Waals surface area (Å²) in [6.07, 6.45) is 0.986. The van der Waals surface area contributed by atoms with Crippen molar-refractivity contribution in [2.75, 3.05) is 22.4 Å². The van der Waals surface area contributed by atoms with Crippen molar-refractivity contribution in [2.24, 2.45) is 7.05 Å². The number of halogens is 1. The molecule has 1 N–H and O–H groups in total. The van der Waals surface area contributed by atoms with Gasteiger partial charge in [0, 0.05) is 7.05 Å². The minimum absolute atomic E-state index is 0.0824. The molecule has 0 saturated heterocycles. The van der Waals surface area contributed by atoms with Gasteiger partial charge < -0.3 is 5.32 Å². The minimum atomic E-state index is -3.79. The van der Waals surface area contributed by atoms with Crippen LogP contribution in [0.1, 0.15) is 5.69 Å². The van der Waals surface area contributed by atoms with E-state index in [9.17, 15) is 18.0 Å². The Kier molecular flexibility index (Phi) is 6.04. The molecule has 1 heterocycles. The molecule has 158 valence electrons. The lowest BCUT2D eigenvalue weighted by molar-refractivity contribution is -0.114. The zero-order valence-corrected chi connectivity index (χ0v) is 18.2. The summed E-state index contributed by atoms with van der Waals surface area (Å²) in [6.45, 7) is 1.17. The van der Waals surface area contributed by atoms with E-state index in [-0.39, 0.29) is 16.4 Å². The molecular formula is C20H21ClN4O4S. The summed E-state index contributed by atoms with van der Waals surface area (Å²) in [5.41, 5.74) is 1.02. The summed E-state index contributed by atoms with van der Waals surface area (Å²) in [5, 5.41) is 2.75. The first kappa shape index (κ1) is 21.7. The summed E-state index contributed by atoms with van der Waals surface area (Å²) in [6, 6.07) is 15.3. The van der Waals surface area contributed by atoms with Crippen LogP contribution in [0.3, 0.4) is 0 Å². The maximum Gasteiger partial charge on any atom is 0.295 e. The van der Waals surface area contributed by atoms with E-state index in [1.165, 1.54) is 16.8 Å². The second-order valence-corrected chi connectivity index (χ2v) is 9.02. The maximum atomic E-state index is 12.9. The van der Waals surface area contributed by atoms with Gasteiger partial charge >= 0.3 is 0 Å². The average Bonchev–Trinajstić information content (AvgIpc) is 2.90. The van der Waals surface area contributed by atoms with Gasteiger partial charge in [-0.25, -0.2) is 13.1 Å². The molecule has 0 saturated carbocycles. The summed E-state index contributed by atoms with van der Waals surface area (Å²) in [4.78, 5) is 25.6. The Balaban J connectivity index is 1.93. The van der Waals surface area contributed by atoms with Crippen LogP contribution in [0.15, 0.2) is 59.4 Å². The zero-order chi connectivity index (χ0) is 22.1. The molecular weight excluding hydrogens is 428 g/mol. The van der Waals surface area contributed by atoms with Crippen molar-refractivity contribution in [3.05, 3.63) is 75.7 Å². The molecule has 0 bridgehead atoms. The lowest BCUT2D eigenvalue weighted by Crippen LogP contribution is -2.38. The standard InChI is InChI=1S/C20H21ClN4O4S/c1-14-19(20(27)25(23(14)2)15-9-5-4-6-10-15)22-18(26)13-24(30(3,28)29)17-12-8-7-11-16(17)21/h4-12H,13H2,1-3H3,(H,22,26). The van der Waals surface area contributed by atoms with Crippen LogP contribution in [0.2, 0.25) is 5.02 Å². The van der Waals surface area contributed by atoms with Crippen LogP contribution in [0.5, 0.6) is 0 Å². The van der Waals surface area contributed by atoms with Crippen molar-refractivity contribution < 1.29 is 13.2 Å². The lowest BCUT2D eigenvalue weighted by atomic mass is 10.3. The van der Waals surface area contributed by atoms with Gasteiger partial charge in [-0.1, -0.05) is 41.9 Å². The van der Waals surface area contributed by atoms with Gasteiger partial charge in [0.2, 0.25) is 15.9 Å². The maximum absolute atomic E-state index is 12.9. The first-order chi connectivity index (χ1) is 14.1. The van der Waals surface area contributed by atoms with E-state index >= 15 is 0 Å². The van der Waals surface area contributed by atoms with E-state index in [1.807, 2.05) is 6.07 Å². The van der Waals surface area contributed by atoms with E-state index in [0.29, 0.717) is 11.4 Å². The fourth-order valence-electron chi connectivity index (χ4n) is 3.06. The topological polar surface area (TPSA) is 93.4 Å². The monoisotopic (exact) mass is 448 g/mol. The molecule has 0 aliphatic heterocycles. The fraction of sp³-hybridized carbons (Fsp3) is 0.200. The van der Waals surface area contributed by atoms with E-state index in [2.05, 4.69) is 5.32 Å². The van der Waals surface area contributed by atoms with Crippen LogP contribution in [0.25, 0.3) is 5.69 Å². The number of carbonyl (C=O) groups excluding carboxylic acids is 1. The van der Waals surface area contributed by atoms with Gasteiger partial charge in [-0.05, 0) is 31.2 Å². The van der Waals surface area contributed by atoms with Gasteiger partial charge in [-0.15, -0.1) is 0 Å². The summed E-state index contributed by atoms with van der Waals surface area (Å²) >= 11 is 6.12. The molecule has 0 aliphatic carbocycles. The first-order valence-corrected chi connectivity index (χ1v) is 11.2. The van der Waals surface area contributed by atoms with Gasteiger partial charge in [0.1, 0.15) is 12.2 Å². The highest BCUT2D eigenvalue weighted by Crippen LogP contribution is 2.27. The van der Waals surface area contributed by atoms with Gasteiger partial charge in [0.25, 0.3) is 5.56 Å². The Morgan fingerprint density at radius 1 is 1.10 bits per heavy atom.